The van der Waals surface area contributed by atoms with Crippen LogP contribution >= 0.6 is 0 Å². The molecule has 2 N–H and O–H groups in total. The van der Waals surface area contributed by atoms with E-state index in [2.05, 4.69) is 15.8 Å². The van der Waals surface area contributed by atoms with Gasteiger partial charge in [0.1, 0.15) is 6.04 Å². The minimum absolute atomic E-state index is 0.209. The van der Waals surface area contributed by atoms with E-state index in [0.717, 1.165) is 24.5 Å². The Morgan fingerprint density at radius 2 is 1.76 bits per heavy atom. The van der Waals surface area contributed by atoms with E-state index in [0.29, 0.717) is 13.2 Å². The standard InChI is InChI=1S/C15H21N3O3/c1-11(19)15(12(2)20)17-16-13-5-3-4-6-14(13)18-7-9-21-10-8-18/h3-6,15-17H,7-10H2,1-2H3. The van der Waals surface area contributed by atoms with Crippen molar-refractivity contribution in [3.8, 4) is 0 Å². The molecule has 0 radical (unpaired) electrons. The van der Waals surface area contributed by atoms with E-state index in [4.69, 9.17) is 4.74 Å². The number of carbonyl (C=O) groups is 2. The van der Waals surface area contributed by atoms with Crippen LogP contribution in [0.15, 0.2) is 24.3 Å². The number of hydrazine groups is 1. The number of rotatable bonds is 6. The lowest BCUT2D eigenvalue weighted by molar-refractivity contribution is -0.127. The molecule has 0 amide bonds. The first kappa shape index (κ1) is 15.5. The number of hydrogen-bond acceptors (Lipinski definition) is 6. The molecule has 2 rings (SSSR count). The van der Waals surface area contributed by atoms with Gasteiger partial charge in [-0.15, -0.1) is 0 Å². The number of ether oxygens (including phenoxy) is 1. The molecule has 0 atom stereocenters. The minimum atomic E-state index is -0.831. The summed E-state index contributed by atoms with van der Waals surface area (Å²) < 4.78 is 5.36. The van der Waals surface area contributed by atoms with Crippen molar-refractivity contribution in [1.29, 1.82) is 0 Å². The zero-order valence-corrected chi connectivity index (χ0v) is 12.4. The second-order valence-electron chi connectivity index (χ2n) is 5.04. The van der Waals surface area contributed by atoms with Crippen molar-refractivity contribution in [2.75, 3.05) is 36.6 Å². The molecule has 1 aromatic carbocycles. The molecule has 0 saturated carbocycles. The number of ketones is 2. The topological polar surface area (TPSA) is 70.7 Å². The van der Waals surface area contributed by atoms with Crippen molar-refractivity contribution in [2.24, 2.45) is 0 Å². The van der Waals surface area contributed by atoms with Crippen LogP contribution in [0.3, 0.4) is 0 Å². The molecule has 1 aliphatic heterocycles. The smallest absolute Gasteiger partial charge is 0.156 e. The number of para-hydroxylation sites is 2. The summed E-state index contributed by atoms with van der Waals surface area (Å²) in [5, 5.41) is 0. The van der Waals surface area contributed by atoms with Crippen LogP contribution in [0.1, 0.15) is 13.8 Å². The predicted molar refractivity (Wildman–Crippen MR) is 81.4 cm³/mol. The monoisotopic (exact) mass is 291 g/mol. The van der Waals surface area contributed by atoms with Crippen LogP contribution in [0.4, 0.5) is 11.4 Å². The average molecular weight is 291 g/mol. The zero-order chi connectivity index (χ0) is 15.2. The SMILES string of the molecule is CC(=O)C(NNc1ccccc1N1CCOCC1)C(C)=O. The lowest BCUT2D eigenvalue weighted by atomic mass is 10.1. The highest BCUT2D eigenvalue weighted by Crippen LogP contribution is 2.25. The van der Waals surface area contributed by atoms with Crippen LogP contribution in [-0.4, -0.2) is 43.9 Å². The van der Waals surface area contributed by atoms with Crippen LogP contribution in [0.2, 0.25) is 0 Å². The molecule has 0 aliphatic carbocycles. The summed E-state index contributed by atoms with van der Waals surface area (Å²) in [5.74, 6) is -0.419. The quantitative estimate of drug-likeness (QED) is 0.601. The molecule has 6 nitrogen and oxygen atoms in total. The van der Waals surface area contributed by atoms with Crippen LogP contribution in [0.25, 0.3) is 0 Å². The number of carbonyl (C=O) groups excluding carboxylic acids is 2. The maximum atomic E-state index is 11.4. The van der Waals surface area contributed by atoms with Crippen molar-refractivity contribution in [2.45, 2.75) is 19.9 Å². The van der Waals surface area contributed by atoms with Crippen molar-refractivity contribution in [1.82, 2.24) is 5.43 Å². The van der Waals surface area contributed by atoms with E-state index in [1.165, 1.54) is 13.8 Å². The van der Waals surface area contributed by atoms with Gasteiger partial charge in [-0.25, -0.2) is 5.43 Å². The Bertz CT molecular complexity index is 499. The molecular weight excluding hydrogens is 270 g/mol. The van der Waals surface area contributed by atoms with E-state index in [-0.39, 0.29) is 11.6 Å². The summed E-state index contributed by atoms with van der Waals surface area (Å²) in [4.78, 5) is 25.1. The summed E-state index contributed by atoms with van der Waals surface area (Å²) >= 11 is 0. The van der Waals surface area contributed by atoms with Crippen molar-refractivity contribution in [3.63, 3.8) is 0 Å². The van der Waals surface area contributed by atoms with Crippen LogP contribution in [0, 0.1) is 0 Å². The summed E-state index contributed by atoms with van der Waals surface area (Å²) in [7, 11) is 0. The van der Waals surface area contributed by atoms with Gasteiger partial charge >= 0.3 is 0 Å². The number of hydrogen-bond donors (Lipinski definition) is 2. The van der Waals surface area contributed by atoms with E-state index in [9.17, 15) is 9.59 Å². The van der Waals surface area contributed by atoms with E-state index >= 15 is 0 Å². The van der Waals surface area contributed by atoms with Gasteiger partial charge in [0.25, 0.3) is 0 Å². The summed E-state index contributed by atoms with van der Waals surface area (Å²) in [6, 6.07) is 6.96. The average Bonchev–Trinajstić information content (AvgIpc) is 2.48. The molecule has 114 valence electrons. The first-order valence-corrected chi connectivity index (χ1v) is 7.04. The van der Waals surface area contributed by atoms with E-state index in [1.54, 1.807) is 0 Å². The van der Waals surface area contributed by atoms with Gasteiger partial charge in [-0.05, 0) is 26.0 Å². The third-order valence-corrected chi connectivity index (χ3v) is 3.42. The Hall–Kier alpha value is -1.92. The third kappa shape index (κ3) is 4.03. The number of benzene rings is 1. The van der Waals surface area contributed by atoms with Crippen LogP contribution in [-0.2, 0) is 14.3 Å². The Balaban J connectivity index is 2.09. The number of nitrogens with one attached hydrogen (secondary N) is 2. The second-order valence-corrected chi connectivity index (χ2v) is 5.04. The molecule has 0 bridgehead atoms. The molecule has 21 heavy (non-hydrogen) atoms. The fourth-order valence-electron chi connectivity index (χ4n) is 2.30. The van der Waals surface area contributed by atoms with Gasteiger partial charge in [-0.3, -0.25) is 9.59 Å². The Morgan fingerprint density at radius 1 is 1.14 bits per heavy atom. The van der Waals surface area contributed by atoms with Crippen molar-refractivity contribution < 1.29 is 14.3 Å². The van der Waals surface area contributed by atoms with Gasteiger partial charge in [0.2, 0.25) is 0 Å². The number of Topliss-reactive ketones (excluding diaryl/α,β-unsaturated/α-hetero) is 2. The molecule has 1 aromatic rings. The predicted octanol–water partition coefficient (Wildman–Crippen LogP) is 0.986. The van der Waals surface area contributed by atoms with E-state index in [1.807, 2.05) is 24.3 Å². The fraction of sp³-hybridized carbons (Fsp3) is 0.467. The van der Waals surface area contributed by atoms with Crippen molar-refractivity contribution >= 4 is 22.9 Å². The third-order valence-electron chi connectivity index (χ3n) is 3.42. The fourth-order valence-corrected chi connectivity index (χ4v) is 2.30. The number of morpholine rings is 1. The molecule has 0 aromatic heterocycles. The highest BCUT2D eigenvalue weighted by atomic mass is 16.5. The first-order valence-electron chi connectivity index (χ1n) is 7.04. The molecule has 0 spiro atoms. The molecule has 1 aliphatic rings. The summed E-state index contributed by atoms with van der Waals surface area (Å²) in [6.07, 6.45) is 0. The molecule has 6 heteroatoms. The maximum absolute atomic E-state index is 11.4. The van der Waals surface area contributed by atoms with Gasteiger partial charge < -0.3 is 15.1 Å². The summed E-state index contributed by atoms with van der Waals surface area (Å²) in [6.45, 7) is 5.84. The molecular formula is C15H21N3O3. The van der Waals surface area contributed by atoms with E-state index < -0.39 is 6.04 Å². The number of anilines is 2. The van der Waals surface area contributed by atoms with Crippen LogP contribution in [0.5, 0.6) is 0 Å². The minimum Gasteiger partial charge on any atom is -0.378 e. The lowest BCUT2D eigenvalue weighted by Gasteiger charge is -2.31. The zero-order valence-electron chi connectivity index (χ0n) is 12.4. The molecule has 1 fully saturated rings. The Morgan fingerprint density at radius 3 is 2.38 bits per heavy atom. The largest absolute Gasteiger partial charge is 0.378 e. The van der Waals surface area contributed by atoms with Gasteiger partial charge in [0.15, 0.2) is 11.6 Å². The maximum Gasteiger partial charge on any atom is 0.156 e. The van der Waals surface area contributed by atoms with Crippen LogP contribution < -0.4 is 15.8 Å². The Kier molecular flexibility index (Phi) is 5.30. The second kappa shape index (κ2) is 7.19. The molecule has 1 saturated heterocycles. The van der Waals surface area contributed by atoms with Gasteiger partial charge in [-0.1, -0.05) is 12.1 Å². The van der Waals surface area contributed by atoms with Crippen molar-refractivity contribution in [3.05, 3.63) is 24.3 Å². The Labute approximate surface area is 124 Å². The lowest BCUT2D eigenvalue weighted by Crippen LogP contribution is -2.44. The first-order chi connectivity index (χ1) is 10.1. The number of nitrogens with zero attached hydrogens (tertiary/aromatic N) is 1. The highest BCUT2D eigenvalue weighted by molar-refractivity contribution is 6.04. The summed E-state index contributed by atoms with van der Waals surface area (Å²) in [5.41, 5.74) is 7.67. The normalized spacial score (nSPS) is 15.1. The van der Waals surface area contributed by atoms with Gasteiger partial charge in [0.05, 0.1) is 24.6 Å². The highest BCUT2D eigenvalue weighted by Gasteiger charge is 2.20. The molecule has 1 heterocycles. The molecule has 0 unspecified atom stereocenters. The van der Waals surface area contributed by atoms with Gasteiger partial charge in [0, 0.05) is 13.1 Å². The van der Waals surface area contributed by atoms with Gasteiger partial charge in [-0.2, -0.15) is 0 Å².